The van der Waals surface area contributed by atoms with Gasteiger partial charge in [-0.2, -0.15) is 13.2 Å². The molecule has 0 unspecified atom stereocenters. The highest BCUT2D eigenvalue weighted by atomic mass is 32.2. The third kappa shape index (κ3) is 6.03. The second kappa shape index (κ2) is 9.05. The van der Waals surface area contributed by atoms with Crippen molar-refractivity contribution in [2.75, 3.05) is 16.4 Å². The van der Waals surface area contributed by atoms with Crippen LogP contribution in [0.15, 0.2) is 58.9 Å². The molecule has 0 bridgehead atoms. The monoisotopic (exact) mass is 438 g/mol. The normalized spacial score (nSPS) is 11.1. The number of alkyl halides is 3. The Morgan fingerprint density at radius 1 is 1.03 bits per heavy atom. The molecular weight excluding hydrogens is 425 g/mol. The quantitative estimate of drug-likeness (QED) is 0.552. The summed E-state index contributed by atoms with van der Waals surface area (Å²) in [5.41, 5.74) is -0.780. The van der Waals surface area contributed by atoms with Gasteiger partial charge in [0.25, 0.3) is 5.91 Å². The third-order valence-electron chi connectivity index (χ3n) is 3.45. The molecule has 0 spiro atoms. The van der Waals surface area contributed by atoms with Gasteiger partial charge in [0.05, 0.1) is 16.2 Å². The van der Waals surface area contributed by atoms with E-state index in [9.17, 15) is 22.8 Å². The van der Waals surface area contributed by atoms with Gasteiger partial charge in [0.2, 0.25) is 5.91 Å². The number of carbonyl (C=O) groups excluding carboxylic acids is 2. The van der Waals surface area contributed by atoms with Crippen LogP contribution in [-0.4, -0.2) is 27.8 Å². The van der Waals surface area contributed by atoms with E-state index < -0.39 is 17.6 Å². The Bertz CT molecular complexity index is 993. The van der Waals surface area contributed by atoms with Crippen LogP contribution in [0.4, 0.5) is 24.7 Å². The van der Waals surface area contributed by atoms with Gasteiger partial charge >= 0.3 is 6.18 Å². The van der Waals surface area contributed by atoms with E-state index >= 15 is 0 Å². The minimum Gasteiger partial charge on any atom is -0.325 e. The van der Waals surface area contributed by atoms with Crippen molar-refractivity contribution in [2.45, 2.75) is 11.2 Å². The van der Waals surface area contributed by atoms with Crippen LogP contribution in [0.5, 0.6) is 0 Å². The van der Waals surface area contributed by atoms with Gasteiger partial charge < -0.3 is 10.6 Å². The maximum Gasteiger partial charge on any atom is 0.416 e. The minimum absolute atomic E-state index is 0.0585. The molecular formula is C18H13F3N4O2S2. The van der Waals surface area contributed by atoms with Gasteiger partial charge in [-0.1, -0.05) is 23.9 Å². The van der Waals surface area contributed by atoms with Crippen LogP contribution in [0, 0.1) is 0 Å². The fraction of sp³-hybridized carbons (Fsp3) is 0.111. The Kier molecular flexibility index (Phi) is 6.49. The highest BCUT2D eigenvalue weighted by Gasteiger charge is 2.30. The number of nitrogens with zero attached hydrogens (tertiary/aromatic N) is 2. The van der Waals surface area contributed by atoms with Crippen LogP contribution in [-0.2, 0) is 11.0 Å². The Morgan fingerprint density at radius 2 is 1.86 bits per heavy atom. The largest absolute Gasteiger partial charge is 0.416 e. The van der Waals surface area contributed by atoms with Gasteiger partial charge in [0.1, 0.15) is 5.03 Å². The minimum atomic E-state index is -4.48. The Balaban J connectivity index is 1.51. The topological polar surface area (TPSA) is 84.0 Å². The van der Waals surface area contributed by atoms with Crippen LogP contribution in [0.2, 0.25) is 0 Å². The Hall–Kier alpha value is -2.92. The first kappa shape index (κ1) is 20.8. The lowest BCUT2D eigenvalue weighted by Gasteiger charge is -2.09. The Labute approximate surface area is 171 Å². The summed E-state index contributed by atoms with van der Waals surface area (Å²) < 4.78 is 38.1. The molecule has 2 amide bonds. The van der Waals surface area contributed by atoms with E-state index in [0.717, 1.165) is 23.9 Å². The fourth-order valence-corrected chi connectivity index (χ4v) is 3.39. The van der Waals surface area contributed by atoms with Crippen LogP contribution < -0.4 is 10.6 Å². The molecule has 2 heterocycles. The average Bonchev–Trinajstić information content (AvgIpc) is 3.22. The molecule has 0 fully saturated rings. The van der Waals surface area contributed by atoms with Gasteiger partial charge in [-0.15, -0.1) is 21.5 Å². The molecule has 2 aromatic heterocycles. The van der Waals surface area contributed by atoms with Crippen molar-refractivity contribution in [1.29, 1.82) is 0 Å². The highest BCUT2D eigenvalue weighted by molar-refractivity contribution is 7.99. The number of hydrogen-bond donors (Lipinski definition) is 2. The number of thioether (sulfide) groups is 1. The van der Waals surface area contributed by atoms with Crippen molar-refractivity contribution in [3.63, 3.8) is 0 Å². The number of hydrogen-bond acceptors (Lipinski definition) is 6. The molecule has 11 heteroatoms. The summed E-state index contributed by atoms with van der Waals surface area (Å²) in [6, 6.07) is 11.0. The van der Waals surface area contributed by atoms with Crippen molar-refractivity contribution in [3.8, 4) is 0 Å². The molecule has 0 radical (unpaired) electrons. The molecule has 150 valence electrons. The molecule has 3 aromatic rings. The first-order valence-corrected chi connectivity index (χ1v) is 9.96. The summed E-state index contributed by atoms with van der Waals surface area (Å²) in [7, 11) is 0. The summed E-state index contributed by atoms with van der Waals surface area (Å²) in [6.07, 6.45) is -4.48. The maximum atomic E-state index is 12.7. The zero-order chi connectivity index (χ0) is 20.9. The molecule has 0 saturated carbocycles. The summed E-state index contributed by atoms with van der Waals surface area (Å²) in [5.74, 6) is -0.575. The van der Waals surface area contributed by atoms with Crippen LogP contribution in [0.3, 0.4) is 0 Å². The SMILES string of the molecule is O=C(CSc1ccc(NC(=O)c2cccs2)nn1)Nc1cccc(C(F)(F)F)c1. The van der Waals surface area contributed by atoms with E-state index in [-0.39, 0.29) is 23.2 Å². The van der Waals surface area contributed by atoms with Gasteiger partial charge in [-0.25, -0.2) is 0 Å². The van der Waals surface area contributed by atoms with E-state index in [2.05, 4.69) is 20.8 Å². The standard InChI is InChI=1S/C18H13F3N4O2S2/c19-18(20,21)11-3-1-4-12(9-11)22-15(26)10-29-16-7-6-14(24-25-16)23-17(27)13-5-2-8-28-13/h1-9H,10H2,(H,22,26)(H,23,24,27). The number of rotatable bonds is 6. The molecule has 29 heavy (non-hydrogen) atoms. The predicted octanol–water partition coefficient (Wildman–Crippen LogP) is 4.54. The molecule has 0 atom stereocenters. The second-order valence-corrected chi connectivity index (χ2v) is 7.55. The van der Waals surface area contributed by atoms with E-state index in [1.807, 2.05) is 0 Å². The van der Waals surface area contributed by atoms with Gasteiger partial charge in [0, 0.05) is 5.69 Å². The van der Waals surface area contributed by atoms with Crippen LogP contribution >= 0.6 is 23.1 Å². The Morgan fingerprint density at radius 3 is 2.52 bits per heavy atom. The molecule has 0 aliphatic rings. The molecule has 1 aromatic carbocycles. The van der Waals surface area contributed by atoms with Crippen molar-refractivity contribution >= 4 is 46.4 Å². The van der Waals surface area contributed by atoms with E-state index in [0.29, 0.717) is 9.90 Å². The van der Waals surface area contributed by atoms with Crippen molar-refractivity contribution in [2.24, 2.45) is 0 Å². The van der Waals surface area contributed by atoms with Gasteiger partial charge in [0.15, 0.2) is 5.82 Å². The number of nitrogens with one attached hydrogen (secondary N) is 2. The summed E-state index contributed by atoms with van der Waals surface area (Å²) in [4.78, 5) is 24.4. The smallest absolute Gasteiger partial charge is 0.325 e. The lowest BCUT2D eigenvalue weighted by atomic mass is 10.2. The number of halogens is 3. The number of carbonyl (C=O) groups is 2. The molecule has 0 aliphatic heterocycles. The van der Waals surface area contributed by atoms with Gasteiger partial charge in [-0.3, -0.25) is 9.59 Å². The number of anilines is 2. The summed E-state index contributed by atoms with van der Waals surface area (Å²) >= 11 is 2.36. The van der Waals surface area contributed by atoms with E-state index in [1.165, 1.54) is 23.5 Å². The lowest BCUT2D eigenvalue weighted by molar-refractivity contribution is -0.137. The maximum absolute atomic E-state index is 12.7. The van der Waals surface area contributed by atoms with Crippen molar-refractivity contribution in [3.05, 3.63) is 64.4 Å². The second-order valence-electron chi connectivity index (χ2n) is 5.60. The van der Waals surface area contributed by atoms with Crippen molar-refractivity contribution in [1.82, 2.24) is 10.2 Å². The summed E-state index contributed by atoms with van der Waals surface area (Å²) in [5, 5.41) is 15.0. The van der Waals surface area contributed by atoms with E-state index in [1.54, 1.807) is 29.6 Å². The first-order chi connectivity index (χ1) is 13.8. The number of thiophene rings is 1. The number of amides is 2. The molecule has 0 saturated heterocycles. The van der Waals surface area contributed by atoms with Crippen molar-refractivity contribution < 1.29 is 22.8 Å². The number of benzene rings is 1. The zero-order valence-electron chi connectivity index (χ0n) is 14.6. The zero-order valence-corrected chi connectivity index (χ0v) is 16.2. The summed E-state index contributed by atoms with van der Waals surface area (Å²) in [6.45, 7) is 0. The molecule has 0 aliphatic carbocycles. The molecule has 2 N–H and O–H groups in total. The highest BCUT2D eigenvalue weighted by Crippen LogP contribution is 2.30. The lowest BCUT2D eigenvalue weighted by Crippen LogP contribution is -2.15. The molecule has 6 nitrogen and oxygen atoms in total. The first-order valence-electron chi connectivity index (χ1n) is 8.10. The van der Waals surface area contributed by atoms with Crippen LogP contribution in [0.25, 0.3) is 0 Å². The fourth-order valence-electron chi connectivity index (χ4n) is 2.16. The van der Waals surface area contributed by atoms with E-state index in [4.69, 9.17) is 0 Å². The number of aromatic nitrogens is 2. The predicted molar refractivity (Wildman–Crippen MR) is 105 cm³/mol. The molecule has 3 rings (SSSR count). The third-order valence-corrected chi connectivity index (χ3v) is 5.24. The van der Waals surface area contributed by atoms with Crippen LogP contribution in [0.1, 0.15) is 15.2 Å². The van der Waals surface area contributed by atoms with Gasteiger partial charge in [-0.05, 0) is 41.8 Å². The average molecular weight is 438 g/mol.